The molecule has 32 heavy (non-hydrogen) atoms. The van der Waals surface area contributed by atoms with Crippen molar-refractivity contribution in [3.63, 3.8) is 0 Å². The molecule has 2 N–H and O–H groups in total. The molecule has 0 aliphatic heterocycles. The molecule has 1 aliphatic rings. The summed E-state index contributed by atoms with van der Waals surface area (Å²) < 4.78 is 29.5. The number of benzene rings is 2. The fourth-order valence-electron chi connectivity index (χ4n) is 4.43. The molecule has 1 aliphatic carbocycles. The van der Waals surface area contributed by atoms with Gasteiger partial charge in [-0.2, -0.15) is 5.10 Å². The van der Waals surface area contributed by atoms with Crippen LogP contribution in [0.4, 0.5) is 0 Å². The van der Waals surface area contributed by atoms with Crippen LogP contribution in [0.3, 0.4) is 0 Å². The number of aryl methyl sites for hydroxylation is 1. The van der Waals surface area contributed by atoms with E-state index in [9.17, 15) is 13.2 Å². The molecule has 1 aromatic heterocycles. The van der Waals surface area contributed by atoms with Gasteiger partial charge in [0.15, 0.2) is 0 Å². The highest BCUT2D eigenvalue weighted by molar-refractivity contribution is 7.89. The van der Waals surface area contributed by atoms with Crippen molar-refractivity contribution in [1.82, 2.24) is 19.8 Å². The van der Waals surface area contributed by atoms with Crippen LogP contribution in [0.5, 0.6) is 0 Å². The summed E-state index contributed by atoms with van der Waals surface area (Å²) in [6.45, 7) is 0.0395. The van der Waals surface area contributed by atoms with Gasteiger partial charge in [-0.05, 0) is 24.0 Å². The zero-order chi connectivity index (χ0) is 22.6. The quantitative estimate of drug-likeness (QED) is 0.549. The third-order valence-corrected chi connectivity index (χ3v) is 7.57. The summed E-state index contributed by atoms with van der Waals surface area (Å²) in [4.78, 5) is 13.7. The van der Waals surface area contributed by atoms with Crippen molar-refractivity contribution >= 4 is 15.9 Å². The number of rotatable bonds is 8. The summed E-state index contributed by atoms with van der Waals surface area (Å²) in [5.74, 6) is -0.0596. The van der Waals surface area contributed by atoms with Crippen molar-refractivity contribution in [3.05, 3.63) is 84.2 Å². The zero-order valence-corrected chi connectivity index (χ0v) is 18.9. The maximum absolute atomic E-state index is 13.6. The normalized spacial score (nSPS) is 16.5. The highest BCUT2D eigenvalue weighted by atomic mass is 32.2. The van der Waals surface area contributed by atoms with Crippen molar-refractivity contribution in [2.45, 2.75) is 42.0 Å². The second-order valence-electron chi connectivity index (χ2n) is 8.29. The molecule has 7 nitrogen and oxygen atoms in total. The first-order valence-electron chi connectivity index (χ1n) is 10.8. The first-order valence-corrected chi connectivity index (χ1v) is 12.3. The minimum Gasteiger partial charge on any atom is -0.347 e. The minimum absolute atomic E-state index is 0.0395. The Kier molecular flexibility index (Phi) is 6.43. The standard InChI is InChI=1S/C24H28N4O3S/c1-28-18-21(16-25-28)32(30,31)26-17-22(19-10-4-2-5-11-19)27-23(29)24(14-8-9-15-24)20-12-6-3-7-13-20/h2-7,10-13,16,18,22,26H,8-9,14-15,17H2,1H3,(H,27,29). The van der Waals surface area contributed by atoms with Gasteiger partial charge in [-0.25, -0.2) is 13.1 Å². The number of nitrogens with one attached hydrogen (secondary N) is 2. The number of carbonyl (C=O) groups excluding carboxylic acids is 1. The third kappa shape index (κ3) is 4.61. The second kappa shape index (κ2) is 9.26. The van der Waals surface area contributed by atoms with Crippen LogP contribution in [-0.2, 0) is 27.3 Å². The Balaban J connectivity index is 1.58. The molecule has 1 fully saturated rings. The molecule has 1 unspecified atom stereocenters. The van der Waals surface area contributed by atoms with E-state index in [-0.39, 0.29) is 17.3 Å². The number of sulfonamides is 1. The van der Waals surface area contributed by atoms with E-state index >= 15 is 0 Å². The van der Waals surface area contributed by atoms with Crippen LogP contribution in [0.2, 0.25) is 0 Å². The van der Waals surface area contributed by atoms with Gasteiger partial charge in [-0.3, -0.25) is 9.48 Å². The van der Waals surface area contributed by atoms with E-state index in [1.165, 1.54) is 17.1 Å². The van der Waals surface area contributed by atoms with E-state index < -0.39 is 21.5 Å². The molecule has 2 aromatic carbocycles. The van der Waals surface area contributed by atoms with Crippen molar-refractivity contribution < 1.29 is 13.2 Å². The number of amides is 1. The average Bonchev–Trinajstić information content (AvgIpc) is 3.48. The third-order valence-electron chi connectivity index (χ3n) is 6.19. The van der Waals surface area contributed by atoms with Gasteiger partial charge in [0.2, 0.25) is 15.9 Å². The molecule has 1 saturated carbocycles. The van der Waals surface area contributed by atoms with Gasteiger partial charge >= 0.3 is 0 Å². The van der Waals surface area contributed by atoms with Crippen molar-refractivity contribution in [3.8, 4) is 0 Å². The summed E-state index contributed by atoms with van der Waals surface area (Å²) in [6.07, 6.45) is 6.30. The highest BCUT2D eigenvalue weighted by Crippen LogP contribution is 2.41. The number of carbonyl (C=O) groups is 1. The van der Waals surface area contributed by atoms with Gasteiger partial charge < -0.3 is 5.32 Å². The Labute approximate surface area is 188 Å². The Hall–Kier alpha value is -2.97. The second-order valence-corrected chi connectivity index (χ2v) is 10.1. The largest absolute Gasteiger partial charge is 0.347 e. The molecular formula is C24H28N4O3S. The van der Waals surface area contributed by atoms with E-state index in [1.54, 1.807) is 7.05 Å². The lowest BCUT2D eigenvalue weighted by atomic mass is 9.77. The Bertz CT molecular complexity index is 1150. The van der Waals surface area contributed by atoms with Crippen LogP contribution >= 0.6 is 0 Å². The fraction of sp³-hybridized carbons (Fsp3) is 0.333. The predicted molar refractivity (Wildman–Crippen MR) is 122 cm³/mol. The molecule has 0 saturated heterocycles. The lowest BCUT2D eigenvalue weighted by Crippen LogP contribution is -2.46. The van der Waals surface area contributed by atoms with E-state index in [4.69, 9.17) is 0 Å². The van der Waals surface area contributed by atoms with Gasteiger partial charge in [-0.1, -0.05) is 73.5 Å². The fourth-order valence-corrected chi connectivity index (χ4v) is 5.46. The summed E-state index contributed by atoms with van der Waals surface area (Å²) in [6, 6.07) is 18.8. The number of hydrogen-bond donors (Lipinski definition) is 2. The van der Waals surface area contributed by atoms with Gasteiger partial charge in [-0.15, -0.1) is 0 Å². The molecule has 1 amide bonds. The number of nitrogens with zero attached hydrogens (tertiary/aromatic N) is 2. The zero-order valence-electron chi connectivity index (χ0n) is 18.1. The monoisotopic (exact) mass is 452 g/mol. The van der Waals surface area contributed by atoms with Gasteiger partial charge in [0, 0.05) is 19.8 Å². The van der Waals surface area contributed by atoms with Gasteiger partial charge in [0.25, 0.3) is 0 Å². The predicted octanol–water partition coefficient (Wildman–Crippen LogP) is 3.07. The van der Waals surface area contributed by atoms with Crippen LogP contribution in [0.1, 0.15) is 42.9 Å². The SMILES string of the molecule is Cn1cc(S(=O)(=O)NCC(NC(=O)C2(c3ccccc3)CCCC2)c2ccccc2)cn1. The lowest BCUT2D eigenvalue weighted by Gasteiger charge is -2.31. The molecule has 4 rings (SSSR count). The first kappa shape index (κ1) is 22.2. The van der Waals surface area contributed by atoms with Crippen LogP contribution < -0.4 is 10.0 Å². The van der Waals surface area contributed by atoms with Crippen LogP contribution in [0.15, 0.2) is 78.0 Å². The maximum Gasteiger partial charge on any atom is 0.243 e. The summed E-state index contributed by atoms with van der Waals surface area (Å²) in [5, 5.41) is 7.10. The average molecular weight is 453 g/mol. The topological polar surface area (TPSA) is 93.1 Å². The minimum atomic E-state index is -3.75. The van der Waals surface area contributed by atoms with Crippen molar-refractivity contribution in [2.24, 2.45) is 7.05 Å². The molecule has 1 heterocycles. The Morgan fingerprint density at radius 1 is 1.06 bits per heavy atom. The molecule has 1 atom stereocenters. The van der Waals surface area contributed by atoms with Crippen LogP contribution in [0, 0.1) is 0 Å². The molecule has 0 spiro atoms. The summed E-state index contributed by atoms with van der Waals surface area (Å²) >= 11 is 0. The van der Waals surface area contributed by atoms with Crippen molar-refractivity contribution in [2.75, 3.05) is 6.54 Å². The van der Waals surface area contributed by atoms with Crippen molar-refractivity contribution in [1.29, 1.82) is 0 Å². The van der Waals surface area contributed by atoms with Crippen LogP contribution in [-0.4, -0.2) is 30.7 Å². The molecule has 0 bridgehead atoms. The highest BCUT2D eigenvalue weighted by Gasteiger charge is 2.43. The summed E-state index contributed by atoms with van der Waals surface area (Å²) in [7, 11) is -2.09. The Morgan fingerprint density at radius 3 is 2.28 bits per heavy atom. The lowest BCUT2D eigenvalue weighted by molar-refractivity contribution is -0.127. The van der Waals surface area contributed by atoms with Gasteiger partial charge in [0.05, 0.1) is 17.7 Å². The van der Waals surface area contributed by atoms with E-state index in [0.29, 0.717) is 0 Å². The molecule has 0 radical (unpaired) electrons. The van der Waals surface area contributed by atoms with E-state index in [2.05, 4.69) is 15.1 Å². The molecule has 3 aromatic rings. The smallest absolute Gasteiger partial charge is 0.243 e. The van der Waals surface area contributed by atoms with Crippen LogP contribution in [0.25, 0.3) is 0 Å². The molecule has 8 heteroatoms. The molecule has 168 valence electrons. The number of hydrogen-bond acceptors (Lipinski definition) is 4. The molecular weight excluding hydrogens is 424 g/mol. The maximum atomic E-state index is 13.6. The Morgan fingerprint density at radius 2 is 1.69 bits per heavy atom. The number of aromatic nitrogens is 2. The summed E-state index contributed by atoms with van der Waals surface area (Å²) in [5.41, 5.74) is 1.27. The first-order chi connectivity index (χ1) is 15.4. The van der Waals surface area contributed by atoms with E-state index in [0.717, 1.165) is 36.8 Å². The van der Waals surface area contributed by atoms with E-state index in [1.807, 2.05) is 60.7 Å². The van der Waals surface area contributed by atoms with Gasteiger partial charge in [0.1, 0.15) is 4.90 Å².